The number of hydrogen-bond acceptors (Lipinski definition) is 7. The lowest BCUT2D eigenvalue weighted by molar-refractivity contribution is -0.140. The molecule has 0 spiro atoms. The number of benzene rings is 1. The normalized spacial score (nSPS) is 34.3. The number of carbonyl (C=O) groups excluding carboxylic acids is 1. The molecule has 7 heteroatoms. The Morgan fingerprint density at radius 1 is 0.865 bits per heavy atom. The Hall–Kier alpha value is -1.80. The van der Waals surface area contributed by atoms with Gasteiger partial charge in [0, 0.05) is 16.7 Å². The monoisotopic (exact) mass is 736 g/mol. The van der Waals surface area contributed by atoms with Crippen molar-refractivity contribution in [3.05, 3.63) is 41.0 Å². The molecule has 3 N–H and O–H groups in total. The van der Waals surface area contributed by atoms with Crippen molar-refractivity contribution >= 4 is 17.7 Å². The van der Waals surface area contributed by atoms with Crippen molar-refractivity contribution in [1.29, 1.82) is 0 Å². The van der Waals surface area contributed by atoms with Gasteiger partial charge in [0.15, 0.2) is 6.29 Å². The van der Waals surface area contributed by atoms with E-state index in [0.717, 1.165) is 93.9 Å². The van der Waals surface area contributed by atoms with Gasteiger partial charge in [-0.2, -0.15) is 0 Å². The fraction of sp³-hybridized carbons (Fsp3) is 0.756. The fourth-order valence-corrected chi connectivity index (χ4v) is 12.3. The zero-order chi connectivity index (χ0) is 36.9. The number of thioether (sulfide) groups is 1. The van der Waals surface area contributed by atoms with E-state index < -0.39 is 6.29 Å². The van der Waals surface area contributed by atoms with E-state index >= 15 is 0 Å². The average Bonchev–Trinajstić information content (AvgIpc) is 3.17. The molecule has 0 amide bonds. The second-order valence-electron chi connectivity index (χ2n) is 17.4. The summed E-state index contributed by atoms with van der Waals surface area (Å²) in [6.45, 7) is 11.0. The van der Waals surface area contributed by atoms with Gasteiger partial charge in [0.1, 0.15) is 11.5 Å². The van der Waals surface area contributed by atoms with E-state index in [1.54, 1.807) is 5.57 Å². The van der Waals surface area contributed by atoms with Gasteiger partial charge in [-0.15, -0.1) is 11.8 Å². The van der Waals surface area contributed by atoms with Gasteiger partial charge >= 0.3 is 5.97 Å². The van der Waals surface area contributed by atoms with Gasteiger partial charge in [0.25, 0.3) is 0 Å². The highest BCUT2D eigenvalue weighted by atomic mass is 32.2. The van der Waals surface area contributed by atoms with Crippen LogP contribution in [-0.4, -0.2) is 45.0 Å². The number of esters is 1. The Labute approximate surface area is 318 Å². The first-order chi connectivity index (χ1) is 25.1. The molecule has 290 valence electrons. The SMILES string of the molecule is CCC1CC(C2CC=C(C3CC(C)=CC(C)C3)CC2)Sc2c(OC(O)C3CCC(C(O)CC)CC3)ccc(OC(=O)C3CCC(C(O)CC)CC3)c21. The Bertz CT molecular complexity index is 1400. The molecular formula is C45H68O6S. The quantitative estimate of drug-likeness (QED) is 0.0851. The van der Waals surface area contributed by atoms with Crippen LogP contribution in [0.5, 0.6) is 11.5 Å². The molecule has 1 aliphatic heterocycles. The van der Waals surface area contributed by atoms with E-state index in [0.29, 0.717) is 40.4 Å². The lowest BCUT2D eigenvalue weighted by Gasteiger charge is -2.39. The molecule has 5 aliphatic rings. The maximum atomic E-state index is 13.7. The molecule has 1 aromatic carbocycles. The van der Waals surface area contributed by atoms with Gasteiger partial charge in [0.05, 0.1) is 23.0 Å². The standard InChI is InChI=1S/C45H68O6S/c1-6-29-26-41(33-15-9-30(10-16-33)36-24-27(4)23-28(5)25-36)52-43-40(51-45(49)35-19-13-32(14-20-35)38(47)8-3)22-21-39(42(29)43)50-44(48)34-17-11-31(12-18-34)37(46)7-2/h9,21-23,27,29,31-38,41,45-47,49H,6-8,10-20,24-26H2,1-5H3. The summed E-state index contributed by atoms with van der Waals surface area (Å²) < 4.78 is 12.9. The molecule has 2 saturated carbocycles. The summed E-state index contributed by atoms with van der Waals surface area (Å²) in [6, 6.07) is 3.85. The van der Waals surface area contributed by atoms with E-state index in [2.05, 4.69) is 32.9 Å². The van der Waals surface area contributed by atoms with Gasteiger partial charge in [-0.05, 0) is 164 Å². The fourth-order valence-electron chi connectivity index (χ4n) is 10.6. The topological polar surface area (TPSA) is 96.2 Å². The van der Waals surface area contributed by atoms with Crippen molar-refractivity contribution in [2.45, 2.75) is 178 Å². The van der Waals surface area contributed by atoms with Crippen molar-refractivity contribution in [3.8, 4) is 11.5 Å². The molecule has 1 heterocycles. The van der Waals surface area contributed by atoms with E-state index in [-0.39, 0.29) is 41.8 Å². The van der Waals surface area contributed by atoms with Crippen molar-refractivity contribution in [1.82, 2.24) is 0 Å². The number of carbonyl (C=O) groups is 1. The smallest absolute Gasteiger partial charge is 0.314 e. The minimum atomic E-state index is -0.914. The van der Waals surface area contributed by atoms with Crippen LogP contribution in [0.25, 0.3) is 0 Å². The predicted octanol–water partition coefficient (Wildman–Crippen LogP) is 10.5. The summed E-state index contributed by atoms with van der Waals surface area (Å²) in [7, 11) is 0. The Morgan fingerprint density at radius 2 is 1.50 bits per heavy atom. The molecule has 4 aliphatic carbocycles. The zero-order valence-corrected chi connectivity index (χ0v) is 33.5. The summed E-state index contributed by atoms with van der Waals surface area (Å²) in [5, 5.41) is 32.7. The number of aliphatic hydroxyl groups is 3. The molecular weight excluding hydrogens is 669 g/mol. The molecule has 2 fully saturated rings. The highest BCUT2D eigenvalue weighted by Crippen LogP contribution is 2.55. The molecule has 0 radical (unpaired) electrons. The minimum absolute atomic E-state index is 0.0315. The van der Waals surface area contributed by atoms with Crippen LogP contribution >= 0.6 is 11.8 Å². The second kappa shape index (κ2) is 18.2. The van der Waals surface area contributed by atoms with Crippen molar-refractivity contribution in [2.75, 3.05) is 0 Å². The van der Waals surface area contributed by atoms with Crippen molar-refractivity contribution in [2.24, 2.45) is 41.4 Å². The third-order valence-electron chi connectivity index (χ3n) is 13.8. The van der Waals surface area contributed by atoms with Crippen LogP contribution in [0, 0.1) is 41.4 Å². The molecule has 8 unspecified atom stereocenters. The van der Waals surface area contributed by atoms with E-state index in [4.69, 9.17) is 9.47 Å². The highest BCUT2D eigenvalue weighted by molar-refractivity contribution is 8.00. The largest absolute Gasteiger partial charge is 0.464 e. The Kier molecular flexibility index (Phi) is 14.0. The number of aliphatic hydroxyl groups excluding tert-OH is 3. The van der Waals surface area contributed by atoms with Crippen LogP contribution in [0.3, 0.4) is 0 Å². The minimum Gasteiger partial charge on any atom is -0.464 e. The van der Waals surface area contributed by atoms with Crippen LogP contribution in [0.15, 0.2) is 40.3 Å². The van der Waals surface area contributed by atoms with Gasteiger partial charge < -0.3 is 24.8 Å². The van der Waals surface area contributed by atoms with Crippen molar-refractivity contribution < 1.29 is 29.6 Å². The van der Waals surface area contributed by atoms with Crippen LogP contribution in [-0.2, 0) is 4.79 Å². The summed E-state index contributed by atoms with van der Waals surface area (Å²) in [6.07, 6.45) is 19.8. The third kappa shape index (κ3) is 9.34. The molecule has 8 atom stereocenters. The molecule has 0 aromatic heterocycles. The van der Waals surface area contributed by atoms with E-state index in [1.165, 1.54) is 31.3 Å². The maximum absolute atomic E-state index is 13.7. The van der Waals surface area contributed by atoms with E-state index in [1.807, 2.05) is 37.7 Å². The molecule has 6 nitrogen and oxygen atoms in total. The van der Waals surface area contributed by atoms with Crippen LogP contribution < -0.4 is 9.47 Å². The highest BCUT2D eigenvalue weighted by Gasteiger charge is 2.39. The summed E-state index contributed by atoms with van der Waals surface area (Å²) in [5.41, 5.74) is 4.29. The molecule has 0 saturated heterocycles. The molecule has 52 heavy (non-hydrogen) atoms. The van der Waals surface area contributed by atoms with Gasteiger partial charge in [-0.25, -0.2) is 0 Å². The first kappa shape index (κ1) is 39.9. The molecule has 1 aromatic rings. The average molecular weight is 737 g/mol. The zero-order valence-electron chi connectivity index (χ0n) is 32.7. The Morgan fingerprint density at radius 3 is 2.10 bits per heavy atom. The number of ether oxygens (including phenoxy) is 2. The van der Waals surface area contributed by atoms with Gasteiger partial charge in [-0.3, -0.25) is 4.79 Å². The first-order valence-electron chi connectivity index (χ1n) is 21.2. The summed E-state index contributed by atoms with van der Waals surface area (Å²) >= 11 is 1.90. The number of hydrogen-bond donors (Lipinski definition) is 3. The predicted molar refractivity (Wildman–Crippen MR) is 211 cm³/mol. The maximum Gasteiger partial charge on any atom is 0.314 e. The van der Waals surface area contributed by atoms with Crippen LogP contribution in [0.2, 0.25) is 0 Å². The molecule has 0 bridgehead atoms. The lowest BCUT2D eigenvalue weighted by Crippen LogP contribution is -2.34. The third-order valence-corrected chi connectivity index (χ3v) is 15.4. The van der Waals surface area contributed by atoms with Crippen LogP contribution in [0.1, 0.15) is 155 Å². The Balaban J connectivity index is 1.21. The second-order valence-corrected chi connectivity index (χ2v) is 18.7. The van der Waals surface area contributed by atoms with Gasteiger partial charge in [-0.1, -0.05) is 51.0 Å². The number of allylic oxidation sites excluding steroid dienone is 4. The number of rotatable bonds is 12. The number of fused-ring (bicyclic) bond motifs is 1. The van der Waals surface area contributed by atoms with E-state index in [9.17, 15) is 20.1 Å². The lowest BCUT2D eigenvalue weighted by atomic mass is 9.74. The summed E-state index contributed by atoms with van der Waals surface area (Å²) in [4.78, 5) is 14.7. The van der Waals surface area contributed by atoms with Crippen LogP contribution in [0.4, 0.5) is 0 Å². The van der Waals surface area contributed by atoms with Crippen molar-refractivity contribution in [3.63, 3.8) is 0 Å². The first-order valence-corrected chi connectivity index (χ1v) is 22.1. The molecule has 6 rings (SSSR count). The van der Waals surface area contributed by atoms with Gasteiger partial charge in [0.2, 0.25) is 0 Å². The summed E-state index contributed by atoms with van der Waals surface area (Å²) in [5.74, 6) is 3.84.